The van der Waals surface area contributed by atoms with Gasteiger partial charge in [0.25, 0.3) is 0 Å². The highest BCUT2D eigenvalue weighted by molar-refractivity contribution is 5.82. The molecule has 0 aliphatic carbocycles. The quantitative estimate of drug-likeness (QED) is 0.725. The summed E-state index contributed by atoms with van der Waals surface area (Å²) >= 11 is 0. The summed E-state index contributed by atoms with van der Waals surface area (Å²) in [5.74, 6) is 0.795. The molecule has 0 spiro atoms. The molecule has 0 aromatic carbocycles. The Balaban J connectivity index is 1.95. The minimum Gasteiger partial charge on any atom is -0.338 e. The maximum atomic E-state index is 12.5. The molecule has 2 saturated heterocycles. The zero-order valence-corrected chi connectivity index (χ0v) is 11.3. The van der Waals surface area contributed by atoms with Crippen molar-refractivity contribution in [3.05, 3.63) is 0 Å². The van der Waals surface area contributed by atoms with Crippen molar-refractivity contribution >= 4 is 5.91 Å². The maximum Gasteiger partial charge on any atom is 0.240 e. The second kappa shape index (κ2) is 5.36. The Morgan fingerprint density at radius 3 is 2.71 bits per heavy atom. The SMILES string of the molecule is CC1CCCNC1C(=O)N1CCN(C)C(C)C1. The zero-order chi connectivity index (χ0) is 12.4. The maximum absolute atomic E-state index is 12.5. The molecule has 0 bridgehead atoms. The number of piperidine rings is 1. The van der Waals surface area contributed by atoms with Crippen molar-refractivity contribution in [2.45, 2.75) is 38.8 Å². The first-order valence-corrected chi connectivity index (χ1v) is 6.82. The number of likely N-dealkylation sites (N-methyl/N-ethyl adjacent to an activating group) is 1. The van der Waals surface area contributed by atoms with Crippen molar-refractivity contribution < 1.29 is 4.79 Å². The lowest BCUT2D eigenvalue weighted by molar-refractivity contribution is -0.137. The van der Waals surface area contributed by atoms with Crippen molar-refractivity contribution in [1.29, 1.82) is 0 Å². The molecule has 2 aliphatic heterocycles. The number of hydrogen-bond donors (Lipinski definition) is 1. The predicted octanol–water partition coefficient (Wildman–Crippen LogP) is 0.537. The van der Waals surface area contributed by atoms with Crippen LogP contribution in [0.3, 0.4) is 0 Å². The van der Waals surface area contributed by atoms with E-state index in [1.165, 1.54) is 12.8 Å². The van der Waals surface area contributed by atoms with Gasteiger partial charge >= 0.3 is 0 Å². The molecule has 2 fully saturated rings. The minimum atomic E-state index is 0.0550. The smallest absolute Gasteiger partial charge is 0.240 e. The summed E-state index contributed by atoms with van der Waals surface area (Å²) in [7, 11) is 2.13. The predicted molar refractivity (Wildman–Crippen MR) is 68.9 cm³/mol. The standard InChI is InChI=1S/C13H25N3O/c1-10-5-4-6-14-12(10)13(17)16-8-7-15(3)11(2)9-16/h10-12,14H,4-9H2,1-3H3. The molecule has 3 unspecified atom stereocenters. The number of hydrogen-bond acceptors (Lipinski definition) is 3. The molecular formula is C13H25N3O. The third kappa shape index (κ3) is 2.80. The Bertz CT molecular complexity index is 282. The van der Waals surface area contributed by atoms with Gasteiger partial charge in [-0.3, -0.25) is 4.79 Å². The Morgan fingerprint density at radius 2 is 2.06 bits per heavy atom. The van der Waals surface area contributed by atoms with Crippen LogP contribution in [0, 0.1) is 5.92 Å². The second-order valence-electron chi connectivity index (χ2n) is 5.67. The molecule has 98 valence electrons. The Labute approximate surface area is 104 Å². The summed E-state index contributed by atoms with van der Waals surface area (Å²) in [6.45, 7) is 8.12. The van der Waals surface area contributed by atoms with Crippen LogP contribution in [-0.4, -0.2) is 61.0 Å². The lowest BCUT2D eigenvalue weighted by Crippen LogP contribution is -2.58. The molecule has 0 aromatic heterocycles. The van der Waals surface area contributed by atoms with E-state index < -0.39 is 0 Å². The van der Waals surface area contributed by atoms with Gasteiger partial charge in [0.15, 0.2) is 0 Å². The number of carbonyl (C=O) groups excluding carboxylic acids is 1. The second-order valence-corrected chi connectivity index (χ2v) is 5.67. The molecule has 2 rings (SSSR count). The first-order chi connectivity index (χ1) is 8.09. The van der Waals surface area contributed by atoms with Crippen LogP contribution in [0.5, 0.6) is 0 Å². The topological polar surface area (TPSA) is 35.6 Å². The Kier molecular flexibility index (Phi) is 4.05. The number of carbonyl (C=O) groups is 1. The van der Waals surface area contributed by atoms with Crippen LogP contribution in [0.25, 0.3) is 0 Å². The largest absolute Gasteiger partial charge is 0.338 e. The van der Waals surface area contributed by atoms with Crippen LogP contribution < -0.4 is 5.32 Å². The van der Waals surface area contributed by atoms with Crippen LogP contribution in [0.15, 0.2) is 0 Å². The number of piperazine rings is 1. The molecule has 1 amide bonds. The van der Waals surface area contributed by atoms with Gasteiger partial charge < -0.3 is 15.1 Å². The highest BCUT2D eigenvalue weighted by atomic mass is 16.2. The van der Waals surface area contributed by atoms with E-state index in [-0.39, 0.29) is 6.04 Å². The van der Waals surface area contributed by atoms with E-state index in [2.05, 4.69) is 31.1 Å². The monoisotopic (exact) mass is 239 g/mol. The van der Waals surface area contributed by atoms with E-state index in [1.807, 2.05) is 4.90 Å². The molecule has 0 radical (unpaired) electrons. The van der Waals surface area contributed by atoms with Gasteiger partial charge in [-0.15, -0.1) is 0 Å². The molecule has 2 heterocycles. The molecule has 3 atom stereocenters. The Hall–Kier alpha value is -0.610. The van der Waals surface area contributed by atoms with Crippen molar-refractivity contribution in [3.63, 3.8) is 0 Å². The van der Waals surface area contributed by atoms with E-state index in [1.54, 1.807) is 0 Å². The average molecular weight is 239 g/mol. The summed E-state index contributed by atoms with van der Waals surface area (Å²) in [4.78, 5) is 16.8. The van der Waals surface area contributed by atoms with E-state index in [0.29, 0.717) is 17.9 Å². The zero-order valence-electron chi connectivity index (χ0n) is 11.3. The van der Waals surface area contributed by atoms with Crippen LogP contribution in [0.4, 0.5) is 0 Å². The number of nitrogens with zero attached hydrogens (tertiary/aromatic N) is 2. The van der Waals surface area contributed by atoms with E-state index in [0.717, 1.165) is 26.2 Å². The number of amides is 1. The molecule has 17 heavy (non-hydrogen) atoms. The highest BCUT2D eigenvalue weighted by Gasteiger charge is 2.33. The summed E-state index contributed by atoms with van der Waals surface area (Å²) in [6, 6.07) is 0.533. The van der Waals surface area contributed by atoms with Crippen LogP contribution >= 0.6 is 0 Å². The van der Waals surface area contributed by atoms with E-state index >= 15 is 0 Å². The summed E-state index contributed by atoms with van der Waals surface area (Å²) in [5, 5.41) is 3.39. The van der Waals surface area contributed by atoms with Crippen molar-refractivity contribution in [2.75, 3.05) is 33.2 Å². The van der Waals surface area contributed by atoms with Gasteiger partial charge in [0, 0.05) is 25.7 Å². The van der Waals surface area contributed by atoms with Crippen molar-refractivity contribution in [1.82, 2.24) is 15.1 Å². The molecule has 0 saturated carbocycles. The van der Waals surface area contributed by atoms with Crippen LogP contribution in [0.2, 0.25) is 0 Å². The average Bonchev–Trinajstić information content (AvgIpc) is 2.32. The first kappa shape index (κ1) is 12.8. The number of rotatable bonds is 1. The van der Waals surface area contributed by atoms with Crippen molar-refractivity contribution in [3.8, 4) is 0 Å². The molecule has 4 nitrogen and oxygen atoms in total. The highest BCUT2D eigenvalue weighted by Crippen LogP contribution is 2.19. The van der Waals surface area contributed by atoms with Crippen molar-refractivity contribution in [2.24, 2.45) is 5.92 Å². The summed E-state index contributed by atoms with van der Waals surface area (Å²) in [6.07, 6.45) is 2.37. The fraction of sp³-hybridized carbons (Fsp3) is 0.923. The first-order valence-electron chi connectivity index (χ1n) is 6.82. The third-order valence-corrected chi connectivity index (χ3v) is 4.31. The van der Waals surface area contributed by atoms with Gasteiger partial charge in [0.05, 0.1) is 6.04 Å². The van der Waals surface area contributed by atoms with E-state index in [9.17, 15) is 4.79 Å². The fourth-order valence-corrected chi connectivity index (χ4v) is 2.83. The van der Waals surface area contributed by atoms with Gasteiger partial charge in [-0.05, 0) is 39.3 Å². The molecule has 2 aliphatic rings. The molecule has 1 N–H and O–H groups in total. The lowest BCUT2D eigenvalue weighted by Gasteiger charge is -2.41. The van der Waals surface area contributed by atoms with Gasteiger partial charge in [-0.2, -0.15) is 0 Å². The third-order valence-electron chi connectivity index (χ3n) is 4.31. The Morgan fingerprint density at radius 1 is 1.29 bits per heavy atom. The fourth-order valence-electron chi connectivity index (χ4n) is 2.83. The van der Waals surface area contributed by atoms with Gasteiger partial charge in [-0.1, -0.05) is 6.92 Å². The van der Waals surface area contributed by atoms with E-state index in [4.69, 9.17) is 0 Å². The van der Waals surface area contributed by atoms with Crippen LogP contribution in [0.1, 0.15) is 26.7 Å². The normalized spacial score (nSPS) is 35.9. The minimum absolute atomic E-state index is 0.0550. The van der Waals surface area contributed by atoms with Gasteiger partial charge in [0.1, 0.15) is 0 Å². The summed E-state index contributed by atoms with van der Waals surface area (Å²) in [5.41, 5.74) is 0. The molecule has 4 heteroatoms. The number of nitrogens with one attached hydrogen (secondary N) is 1. The van der Waals surface area contributed by atoms with Gasteiger partial charge in [0.2, 0.25) is 5.91 Å². The molecule has 0 aromatic rings. The summed E-state index contributed by atoms with van der Waals surface area (Å²) < 4.78 is 0. The van der Waals surface area contributed by atoms with Gasteiger partial charge in [-0.25, -0.2) is 0 Å². The van der Waals surface area contributed by atoms with Crippen LogP contribution in [-0.2, 0) is 4.79 Å². The lowest BCUT2D eigenvalue weighted by atomic mass is 9.91. The molecular weight excluding hydrogens is 214 g/mol.